The molecule has 0 saturated heterocycles. The first kappa shape index (κ1) is 21.1. The second-order valence-corrected chi connectivity index (χ2v) is 8.52. The first-order valence-electron chi connectivity index (χ1n) is 8.76. The zero-order valence-electron chi connectivity index (χ0n) is 16.1. The summed E-state index contributed by atoms with van der Waals surface area (Å²) in [6.45, 7) is 5.72. The van der Waals surface area contributed by atoms with Gasteiger partial charge in [0.2, 0.25) is 5.91 Å². The fourth-order valence-electron chi connectivity index (χ4n) is 2.73. The first-order chi connectivity index (χ1) is 13.7. The molecule has 0 aliphatic heterocycles. The van der Waals surface area contributed by atoms with Crippen LogP contribution in [0.15, 0.2) is 56.7 Å². The topological polar surface area (TPSA) is 90.1 Å². The number of aryl methyl sites for hydroxylation is 2. The van der Waals surface area contributed by atoms with E-state index < -0.39 is 4.92 Å². The lowest BCUT2D eigenvalue weighted by Crippen LogP contribution is -2.20. The van der Waals surface area contributed by atoms with Crippen LogP contribution in [-0.2, 0) is 11.3 Å². The number of nitro groups is 1. The molecule has 3 rings (SSSR count). The molecule has 0 aliphatic rings. The molecule has 7 nitrogen and oxygen atoms in total. The summed E-state index contributed by atoms with van der Waals surface area (Å²) in [6, 6.07) is 12.5. The van der Waals surface area contributed by atoms with Crippen molar-refractivity contribution in [3.8, 4) is 0 Å². The Labute approximate surface area is 180 Å². The minimum Gasteiger partial charge on any atom is -0.324 e. The van der Waals surface area contributed by atoms with Crippen molar-refractivity contribution in [1.29, 1.82) is 0 Å². The fourth-order valence-corrected chi connectivity index (χ4v) is 3.92. The van der Waals surface area contributed by atoms with Gasteiger partial charge in [-0.3, -0.25) is 19.6 Å². The predicted molar refractivity (Wildman–Crippen MR) is 116 cm³/mol. The molecule has 0 fully saturated rings. The lowest BCUT2D eigenvalue weighted by atomic mass is 10.2. The largest absolute Gasteiger partial charge is 0.324 e. The number of rotatable bonds is 6. The summed E-state index contributed by atoms with van der Waals surface area (Å²) in [4.78, 5) is 25.0. The van der Waals surface area contributed by atoms with Crippen LogP contribution in [0.4, 0.5) is 11.4 Å². The molecule has 2 aromatic carbocycles. The van der Waals surface area contributed by atoms with E-state index in [1.807, 2.05) is 45.0 Å². The van der Waals surface area contributed by atoms with Crippen molar-refractivity contribution in [2.75, 3.05) is 5.32 Å². The summed E-state index contributed by atoms with van der Waals surface area (Å²) in [5.74, 6) is -0.310. The lowest BCUT2D eigenvalue weighted by molar-refractivity contribution is -0.385. The van der Waals surface area contributed by atoms with Gasteiger partial charge in [-0.15, -0.1) is 0 Å². The highest BCUT2D eigenvalue weighted by atomic mass is 79.9. The highest BCUT2D eigenvalue weighted by Gasteiger charge is 2.15. The Balaban J connectivity index is 1.81. The molecule has 1 heterocycles. The Morgan fingerprint density at radius 3 is 2.45 bits per heavy atom. The maximum Gasteiger partial charge on any atom is 0.272 e. The monoisotopic (exact) mass is 474 g/mol. The molecule has 29 heavy (non-hydrogen) atoms. The van der Waals surface area contributed by atoms with Crippen molar-refractivity contribution in [2.24, 2.45) is 0 Å². The third kappa shape index (κ3) is 5.24. The van der Waals surface area contributed by atoms with Crippen molar-refractivity contribution < 1.29 is 9.72 Å². The Morgan fingerprint density at radius 2 is 1.86 bits per heavy atom. The summed E-state index contributed by atoms with van der Waals surface area (Å²) < 4.78 is 2.45. The standard InChI is InChI=1S/C20H19BrN4O3S/c1-12-4-6-17(7-5-12)29-18-9-15(8-16(10-18)25(27)28)22-19(26)11-24-14(3)20(21)13(2)23-24/h4-10H,11H2,1-3H3,(H,22,26). The molecule has 1 N–H and O–H groups in total. The zero-order chi connectivity index (χ0) is 21.1. The average Bonchev–Trinajstić information content (AvgIpc) is 2.90. The van der Waals surface area contributed by atoms with Gasteiger partial charge in [0.25, 0.3) is 5.69 Å². The molecule has 3 aromatic rings. The van der Waals surface area contributed by atoms with Gasteiger partial charge in [0.05, 0.1) is 20.8 Å². The number of benzene rings is 2. The molecule has 0 saturated carbocycles. The summed E-state index contributed by atoms with van der Waals surface area (Å²) in [7, 11) is 0. The van der Waals surface area contributed by atoms with Gasteiger partial charge in [-0.05, 0) is 54.9 Å². The summed E-state index contributed by atoms with van der Waals surface area (Å²) in [6.07, 6.45) is 0. The summed E-state index contributed by atoms with van der Waals surface area (Å²) in [5.41, 5.74) is 3.07. The lowest BCUT2D eigenvalue weighted by Gasteiger charge is -2.09. The highest BCUT2D eigenvalue weighted by molar-refractivity contribution is 9.10. The van der Waals surface area contributed by atoms with Gasteiger partial charge < -0.3 is 5.32 Å². The molecule has 1 aromatic heterocycles. The Bertz CT molecular complexity index is 1080. The van der Waals surface area contributed by atoms with E-state index >= 15 is 0 Å². The number of hydrogen-bond donors (Lipinski definition) is 1. The Kier molecular flexibility index (Phi) is 6.39. The number of halogens is 1. The van der Waals surface area contributed by atoms with Crippen LogP contribution in [-0.4, -0.2) is 20.6 Å². The molecule has 0 aliphatic carbocycles. The average molecular weight is 475 g/mol. The molecule has 1 amide bonds. The smallest absolute Gasteiger partial charge is 0.272 e. The van der Waals surface area contributed by atoms with Crippen molar-refractivity contribution in [2.45, 2.75) is 37.1 Å². The van der Waals surface area contributed by atoms with Gasteiger partial charge in [0.15, 0.2) is 0 Å². The number of nitrogens with one attached hydrogen (secondary N) is 1. The second kappa shape index (κ2) is 8.79. The van der Waals surface area contributed by atoms with Crippen LogP contribution in [0.25, 0.3) is 0 Å². The minimum atomic E-state index is -0.465. The number of nitrogens with zero attached hydrogens (tertiary/aromatic N) is 3. The number of aromatic nitrogens is 2. The quantitative estimate of drug-likeness (QED) is 0.388. The fraction of sp³-hybridized carbons (Fsp3) is 0.200. The Morgan fingerprint density at radius 1 is 1.17 bits per heavy atom. The molecular weight excluding hydrogens is 456 g/mol. The molecule has 0 radical (unpaired) electrons. The van der Waals surface area contributed by atoms with Crippen LogP contribution in [0.1, 0.15) is 17.0 Å². The Hall–Kier alpha value is -2.65. The van der Waals surface area contributed by atoms with Crippen molar-refractivity contribution in [3.63, 3.8) is 0 Å². The van der Waals surface area contributed by atoms with Gasteiger partial charge in [-0.25, -0.2) is 0 Å². The third-order valence-electron chi connectivity index (χ3n) is 4.23. The molecular formula is C20H19BrN4O3S. The number of amides is 1. The van der Waals surface area contributed by atoms with Gasteiger partial charge in [0.1, 0.15) is 6.54 Å². The van der Waals surface area contributed by atoms with Gasteiger partial charge in [-0.1, -0.05) is 29.5 Å². The zero-order valence-corrected chi connectivity index (χ0v) is 18.5. The van der Waals surface area contributed by atoms with E-state index in [1.165, 1.54) is 23.9 Å². The van der Waals surface area contributed by atoms with E-state index in [9.17, 15) is 14.9 Å². The number of anilines is 1. The van der Waals surface area contributed by atoms with Gasteiger partial charge in [-0.2, -0.15) is 5.10 Å². The van der Waals surface area contributed by atoms with Gasteiger partial charge >= 0.3 is 0 Å². The SMILES string of the molecule is Cc1ccc(Sc2cc(NC(=O)Cn3nc(C)c(Br)c3C)cc([N+](=O)[O-])c2)cc1. The highest BCUT2D eigenvalue weighted by Crippen LogP contribution is 2.33. The van der Waals surface area contributed by atoms with Crippen LogP contribution in [0.3, 0.4) is 0 Å². The molecule has 0 spiro atoms. The van der Waals surface area contributed by atoms with Crippen molar-refractivity contribution >= 4 is 45.0 Å². The van der Waals surface area contributed by atoms with Crippen molar-refractivity contribution in [3.05, 3.63) is 74.0 Å². The normalized spacial score (nSPS) is 10.8. The number of carbonyl (C=O) groups is 1. The van der Waals surface area contributed by atoms with Gasteiger partial charge in [0, 0.05) is 27.6 Å². The third-order valence-corrected chi connectivity index (χ3v) is 6.36. The molecule has 9 heteroatoms. The van der Waals surface area contributed by atoms with E-state index in [0.717, 1.165) is 26.3 Å². The van der Waals surface area contributed by atoms with E-state index in [-0.39, 0.29) is 18.1 Å². The van der Waals surface area contributed by atoms with E-state index in [4.69, 9.17) is 0 Å². The summed E-state index contributed by atoms with van der Waals surface area (Å²) in [5, 5.41) is 18.4. The molecule has 0 atom stereocenters. The van der Waals surface area contributed by atoms with Crippen molar-refractivity contribution in [1.82, 2.24) is 9.78 Å². The second-order valence-electron chi connectivity index (χ2n) is 6.58. The number of non-ortho nitro benzene ring substituents is 1. The number of nitro benzene ring substituents is 1. The van der Waals surface area contributed by atoms with E-state index in [0.29, 0.717) is 10.6 Å². The predicted octanol–water partition coefficient (Wildman–Crippen LogP) is 5.27. The van der Waals surface area contributed by atoms with Crippen LogP contribution in [0, 0.1) is 30.9 Å². The first-order valence-corrected chi connectivity index (χ1v) is 10.4. The van der Waals surface area contributed by atoms with E-state index in [2.05, 4.69) is 26.3 Å². The molecule has 150 valence electrons. The molecule has 0 unspecified atom stereocenters. The van der Waals surface area contributed by atoms with Crippen LogP contribution in [0.5, 0.6) is 0 Å². The maximum absolute atomic E-state index is 12.5. The van der Waals surface area contributed by atoms with Crippen LogP contribution < -0.4 is 5.32 Å². The number of carbonyl (C=O) groups excluding carboxylic acids is 1. The summed E-state index contributed by atoms with van der Waals surface area (Å²) >= 11 is 4.84. The number of hydrogen-bond acceptors (Lipinski definition) is 5. The van der Waals surface area contributed by atoms with Crippen LogP contribution >= 0.6 is 27.7 Å². The minimum absolute atomic E-state index is 0.0153. The van der Waals surface area contributed by atoms with E-state index in [1.54, 1.807) is 10.7 Å². The molecule has 0 bridgehead atoms. The van der Waals surface area contributed by atoms with Crippen LogP contribution in [0.2, 0.25) is 0 Å². The maximum atomic E-state index is 12.5.